The highest BCUT2D eigenvalue weighted by molar-refractivity contribution is 8.16. The Kier molecular flexibility index (Phi) is 5.40. The van der Waals surface area contributed by atoms with E-state index in [4.69, 9.17) is 4.74 Å². The normalized spacial score (nSPS) is 23.9. The van der Waals surface area contributed by atoms with Gasteiger partial charge in [-0.15, -0.1) is 0 Å². The van der Waals surface area contributed by atoms with Crippen molar-refractivity contribution in [2.45, 2.75) is 24.6 Å². The number of sulfone groups is 1. The van der Waals surface area contributed by atoms with Gasteiger partial charge < -0.3 is 9.64 Å². The Balaban J connectivity index is 1.62. The molecule has 4 rings (SSSR count). The van der Waals surface area contributed by atoms with Gasteiger partial charge in [-0.2, -0.15) is 4.99 Å². The summed E-state index contributed by atoms with van der Waals surface area (Å²) < 4.78 is 29.5. The molecule has 0 radical (unpaired) electrons. The zero-order valence-corrected chi connectivity index (χ0v) is 17.9. The van der Waals surface area contributed by atoms with Crippen molar-refractivity contribution < 1.29 is 17.9 Å². The largest absolute Gasteiger partial charge is 0.497 e. The molecule has 2 aromatic rings. The van der Waals surface area contributed by atoms with Crippen molar-refractivity contribution in [3.05, 3.63) is 59.7 Å². The zero-order valence-electron chi connectivity index (χ0n) is 16.2. The summed E-state index contributed by atoms with van der Waals surface area (Å²) in [5.74, 6) is 0.657. The Morgan fingerprint density at radius 2 is 1.83 bits per heavy atom. The maximum Gasteiger partial charge on any atom is 0.252 e. The van der Waals surface area contributed by atoms with Crippen LogP contribution in [0.5, 0.6) is 5.75 Å². The Morgan fingerprint density at radius 1 is 1.14 bits per heavy atom. The van der Waals surface area contributed by atoms with Crippen molar-refractivity contribution in [1.82, 2.24) is 0 Å². The molecule has 0 aromatic heterocycles. The summed E-state index contributed by atoms with van der Waals surface area (Å²) >= 11 is 1.38. The average Bonchev–Trinajstić information content (AvgIpc) is 3.14. The number of anilines is 1. The van der Waals surface area contributed by atoms with Gasteiger partial charge >= 0.3 is 0 Å². The van der Waals surface area contributed by atoms with Gasteiger partial charge in [-0.05, 0) is 36.8 Å². The SMILES string of the molecule is COc1ccc(N2C(=NC(=O)Cc3ccc(C)cc3)S[C@@H]3CS(=O)(=O)C[C@@H]32)cc1. The summed E-state index contributed by atoms with van der Waals surface area (Å²) in [6.45, 7) is 2.00. The van der Waals surface area contributed by atoms with Gasteiger partial charge in [0.15, 0.2) is 15.0 Å². The number of thioether (sulfide) groups is 1. The van der Waals surface area contributed by atoms with Gasteiger partial charge in [0.25, 0.3) is 5.91 Å². The van der Waals surface area contributed by atoms with E-state index >= 15 is 0 Å². The molecule has 0 unspecified atom stereocenters. The number of nitrogens with zero attached hydrogens (tertiary/aromatic N) is 2. The number of ether oxygens (including phenoxy) is 1. The minimum Gasteiger partial charge on any atom is -0.497 e. The van der Waals surface area contributed by atoms with Gasteiger partial charge in [-0.1, -0.05) is 41.6 Å². The Hall–Kier alpha value is -2.32. The third kappa shape index (κ3) is 4.33. The molecule has 2 saturated heterocycles. The number of methoxy groups -OCH3 is 1. The van der Waals surface area contributed by atoms with Crippen LogP contribution in [0.1, 0.15) is 11.1 Å². The molecule has 0 aliphatic carbocycles. The molecule has 152 valence electrons. The molecule has 8 heteroatoms. The lowest BCUT2D eigenvalue weighted by molar-refractivity contribution is -0.117. The minimum atomic E-state index is -3.09. The molecular formula is C21H22N2O4S2. The highest BCUT2D eigenvalue weighted by atomic mass is 32.2. The van der Waals surface area contributed by atoms with Gasteiger partial charge in [0.1, 0.15) is 5.75 Å². The second-order valence-corrected chi connectivity index (χ2v) is 10.7. The van der Waals surface area contributed by atoms with E-state index in [0.717, 1.165) is 16.8 Å². The van der Waals surface area contributed by atoms with Crippen molar-refractivity contribution in [2.75, 3.05) is 23.5 Å². The zero-order chi connectivity index (χ0) is 20.6. The number of hydrogen-bond donors (Lipinski definition) is 0. The predicted molar refractivity (Wildman–Crippen MR) is 117 cm³/mol. The van der Waals surface area contributed by atoms with Crippen molar-refractivity contribution >= 4 is 38.4 Å². The fraction of sp³-hybridized carbons (Fsp3) is 0.333. The van der Waals surface area contributed by atoms with Crippen LogP contribution in [0, 0.1) is 6.92 Å². The average molecular weight is 431 g/mol. The third-order valence-corrected chi connectivity index (χ3v) is 8.32. The first-order chi connectivity index (χ1) is 13.8. The van der Waals surface area contributed by atoms with Gasteiger partial charge in [0, 0.05) is 10.9 Å². The van der Waals surface area contributed by atoms with Crippen LogP contribution in [0.4, 0.5) is 5.69 Å². The van der Waals surface area contributed by atoms with E-state index in [-0.39, 0.29) is 35.1 Å². The van der Waals surface area contributed by atoms with Crippen LogP contribution in [0.2, 0.25) is 0 Å². The van der Waals surface area contributed by atoms with Crippen LogP contribution < -0.4 is 9.64 Å². The summed E-state index contributed by atoms with van der Waals surface area (Å²) in [4.78, 5) is 18.9. The molecule has 2 aromatic carbocycles. The quantitative estimate of drug-likeness (QED) is 0.743. The second-order valence-electron chi connectivity index (χ2n) is 7.32. The van der Waals surface area contributed by atoms with Gasteiger partial charge in [0.2, 0.25) is 0 Å². The fourth-order valence-electron chi connectivity index (χ4n) is 3.64. The lowest BCUT2D eigenvalue weighted by Gasteiger charge is -2.24. The summed E-state index contributed by atoms with van der Waals surface area (Å²) in [6.07, 6.45) is 0.217. The van der Waals surface area contributed by atoms with Crippen LogP contribution in [-0.4, -0.2) is 49.4 Å². The number of rotatable bonds is 4. The van der Waals surface area contributed by atoms with Crippen LogP contribution in [0.15, 0.2) is 53.5 Å². The number of hydrogen-bond acceptors (Lipinski definition) is 5. The van der Waals surface area contributed by atoms with Gasteiger partial charge in [-0.25, -0.2) is 8.42 Å². The van der Waals surface area contributed by atoms with Crippen LogP contribution in [-0.2, 0) is 21.1 Å². The molecular weight excluding hydrogens is 408 g/mol. The van der Waals surface area contributed by atoms with E-state index in [1.807, 2.05) is 60.4 Å². The first kappa shape index (κ1) is 20.0. The van der Waals surface area contributed by atoms with Crippen LogP contribution in [0.3, 0.4) is 0 Å². The number of carbonyl (C=O) groups is 1. The van der Waals surface area contributed by atoms with E-state index in [1.165, 1.54) is 11.8 Å². The van der Waals surface area contributed by atoms with Crippen molar-refractivity contribution in [1.29, 1.82) is 0 Å². The minimum absolute atomic E-state index is 0.0713. The fourth-order valence-corrected chi connectivity index (χ4v) is 7.57. The molecule has 2 atom stereocenters. The van der Waals surface area contributed by atoms with Crippen molar-refractivity contribution in [3.63, 3.8) is 0 Å². The maximum atomic E-state index is 12.6. The Morgan fingerprint density at radius 3 is 2.48 bits per heavy atom. The van der Waals surface area contributed by atoms with E-state index in [9.17, 15) is 13.2 Å². The highest BCUT2D eigenvalue weighted by Gasteiger charge is 2.49. The van der Waals surface area contributed by atoms with Crippen molar-refractivity contribution in [3.8, 4) is 5.75 Å². The summed E-state index contributed by atoms with van der Waals surface area (Å²) in [7, 11) is -1.50. The van der Waals surface area contributed by atoms with Crippen LogP contribution in [0.25, 0.3) is 0 Å². The highest BCUT2D eigenvalue weighted by Crippen LogP contribution is 2.41. The number of aryl methyl sites for hydroxylation is 1. The van der Waals surface area contributed by atoms with Crippen LogP contribution >= 0.6 is 11.8 Å². The number of amidine groups is 1. The molecule has 2 aliphatic heterocycles. The number of fused-ring (bicyclic) bond motifs is 1. The predicted octanol–water partition coefficient (Wildman–Crippen LogP) is 2.85. The number of benzene rings is 2. The van der Waals surface area contributed by atoms with Crippen molar-refractivity contribution in [2.24, 2.45) is 4.99 Å². The number of amides is 1. The lowest BCUT2D eigenvalue weighted by atomic mass is 10.1. The molecule has 2 heterocycles. The molecule has 6 nitrogen and oxygen atoms in total. The molecule has 29 heavy (non-hydrogen) atoms. The first-order valence-corrected chi connectivity index (χ1v) is 12.0. The smallest absolute Gasteiger partial charge is 0.252 e. The second kappa shape index (κ2) is 7.84. The maximum absolute atomic E-state index is 12.6. The molecule has 0 N–H and O–H groups in total. The van der Waals surface area contributed by atoms with E-state index in [1.54, 1.807) is 7.11 Å². The van der Waals surface area contributed by atoms with E-state index in [2.05, 4.69) is 4.99 Å². The molecule has 0 bridgehead atoms. The molecule has 1 amide bonds. The monoisotopic (exact) mass is 430 g/mol. The van der Waals surface area contributed by atoms with Gasteiger partial charge in [-0.3, -0.25) is 4.79 Å². The van der Waals surface area contributed by atoms with Gasteiger partial charge in [0.05, 0.1) is 31.1 Å². The topological polar surface area (TPSA) is 76.0 Å². The third-order valence-electron chi connectivity index (χ3n) is 5.11. The molecule has 2 fully saturated rings. The molecule has 0 saturated carbocycles. The van der Waals surface area contributed by atoms with E-state index in [0.29, 0.717) is 10.9 Å². The standard InChI is InChI=1S/C21H22N2O4S2/c1-14-3-5-15(6-4-14)11-20(24)22-21-23(16-7-9-17(27-2)10-8-16)18-12-29(25,26)13-19(18)28-21/h3-10,18-19H,11-13H2,1-2H3/t18-,19+/m0/s1. The lowest BCUT2D eigenvalue weighted by Crippen LogP contribution is -2.37. The molecule has 0 spiro atoms. The summed E-state index contributed by atoms with van der Waals surface area (Å²) in [5.41, 5.74) is 2.86. The Labute approximate surface area is 174 Å². The Bertz CT molecular complexity index is 1050. The number of aliphatic imine (C=N–C) groups is 1. The summed E-state index contributed by atoms with van der Waals surface area (Å²) in [5, 5.41) is 0.449. The summed E-state index contributed by atoms with van der Waals surface area (Å²) in [6, 6.07) is 15.0. The van der Waals surface area contributed by atoms with E-state index < -0.39 is 9.84 Å². The number of carbonyl (C=O) groups excluding carboxylic acids is 1. The first-order valence-electron chi connectivity index (χ1n) is 9.32. The molecule has 2 aliphatic rings.